The second-order valence-electron chi connectivity index (χ2n) is 3.47. The lowest BCUT2D eigenvalue weighted by Gasteiger charge is -2.10. The highest BCUT2D eigenvalue weighted by atomic mass is 32.1. The van der Waals surface area contributed by atoms with Gasteiger partial charge in [0.05, 0.1) is 11.6 Å². The van der Waals surface area contributed by atoms with Crippen molar-refractivity contribution in [3.63, 3.8) is 0 Å². The third-order valence-electron chi connectivity index (χ3n) is 1.91. The van der Waals surface area contributed by atoms with E-state index < -0.39 is 0 Å². The minimum absolute atomic E-state index is 0.0193. The summed E-state index contributed by atoms with van der Waals surface area (Å²) in [6.45, 7) is 5.60. The van der Waals surface area contributed by atoms with Gasteiger partial charge in [-0.15, -0.1) is 0 Å². The number of thiocarbonyl (C=S) groups is 1. The fourth-order valence-electron chi connectivity index (χ4n) is 0.867. The van der Waals surface area contributed by atoms with Gasteiger partial charge in [-0.2, -0.15) is 0 Å². The van der Waals surface area contributed by atoms with Crippen LogP contribution in [0.5, 0.6) is 0 Å². The largest absolute Gasteiger partial charge is 0.393 e. The number of amides is 1. The second kappa shape index (κ2) is 8.61. The first kappa shape index (κ1) is 14.3. The fraction of sp³-hybridized carbons (Fsp3) is 0.800. The van der Waals surface area contributed by atoms with Gasteiger partial charge in [-0.25, -0.2) is 0 Å². The van der Waals surface area contributed by atoms with Crippen molar-refractivity contribution in [2.75, 3.05) is 19.8 Å². The Bertz CT molecular complexity index is 210. The number of nitrogens with two attached hydrogens (primary N) is 1. The average molecular weight is 232 g/mol. The predicted molar refractivity (Wildman–Crippen MR) is 64.7 cm³/mol. The molecule has 0 bridgehead atoms. The number of ether oxygens (including phenoxy) is 1. The molecule has 0 spiro atoms. The molecule has 0 rings (SSSR count). The van der Waals surface area contributed by atoms with Crippen LogP contribution in [0, 0.1) is 5.92 Å². The zero-order chi connectivity index (χ0) is 11.7. The Labute approximate surface area is 96.5 Å². The zero-order valence-electron chi connectivity index (χ0n) is 9.41. The molecule has 0 saturated heterocycles. The van der Waals surface area contributed by atoms with Crippen molar-refractivity contribution in [2.24, 2.45) is 11.7 Å². The summed E-state index contributed by atoms with van der Waals surface area (Å²) in [7, 11) is 0. The average Bonchev–Trinajstić information content (AvgIpc) is 2.20. The van der Waals surface area contributed by atoms with Crippen LogP contribution in [0.25, 0.3) is 0 Å². The SMILES string of the molecule is CCCOCCC(=O)NCC(C)C(N)=S. The molecule has 4 nitrogen and oxygen atoms in total. The topological polar surface area (TPSA) is 64.3 Å². The van der Waals surface area contributed by atoms with E-state index in [1.807, 2.05) is 13.8 Å². The molecule has 0 aliphatic rings. The maximum absolute atomic E-state index is 11.3. The van der Waals surface area contributed by atoms with Gasteiger partial charge in [0.2, 0.25) is 5.91 Å². The molecule has 0 aromatic heterocycles. The van der Waals surface area contributed by atoms with Crippen LogP contribution in [0.3, 0.4) is 0 Å². The van der Waals surface area contributed by atoms with E-state index in [1.165, 1.54) is 0 Å². The summed E-state index contributed by atoms with van der Waals surface area (Å²) in [5.41, 5.74) is 5.42. The summed E-state index contributed by atoms with van der Waals surface area (Å²) in [6, 6.07) is 0. The van der Waals surface area contributed by atoms with Gasteiger partial charge < -0.3 is 15.8 Å². The first-order valence-electron chi connectivity index (χ1n) is 5.21. The molecular formula is C10H20N2O2S. The van der Waals surface area contributed by atoms with Crippen LogP contribution in [-0.4, -0.2) is 30.7 Å². The molecule has 0 aliphatic heterocycles. The second-order valence-corrected chi connectivity index (χ2v) is 3.94. The summed E-state index contributed by atoms with van der Waals surface area (Å²) >= 11 is 4.79. The molecule has 1 amide bonds. The van der Waals surface area contributed by atoms with Crippen LogP contribution in [0.1, 0.15) is 26.7 Å². The number of hydrogen-bond acceptors (Lipinski definition) is 3. The number of rotatable bonds is 8. The van der Waals surface area contributed by atoms with Gasteiger partial charge in [0.1, 0.15) is 0 Å². The zero-order valence-corrected chi connectivity index (χ0v) is 10.2. The minimum Gasteiger partial charge on any atom is -0.393 e. The fourth-order valence-corrected chi connectivity index (χ4v) is 0.951. The molecule has 3 N–H and O–H groups in total. The van der Waals surface area contributed by atoms with E-state index in [-0.39, 0.29) is 11.8 Å². The quantitative estimate of drug-likeness (QED) is 0.481. The van der Waals surface area contributed by atoms with E-state index >= 15 is 0 Å². The molecule has 15 heavy (non-hydrogen) atoms. The number of nitrogens with one attached hydrogen (secondary N) is 1. The third-order valence-corrected chi connectivity index (χ3v) is 2.32. The maximum atomic E-state index is 11.3. The molecule has 0 aromatic rings. The minimum atomic E-state index is -0.0193. The lowest BCUT2D eigenvalue weighted by molar-refractivity contribution is -0.122. The van der Waals surface area contributed by atoms with E-state index in [0.717, 1.165) is 6.42 Å². The number of carbonyl (C=O) groups excluding carboxylic acids is 1. The Kier molecular flexibility index (Phi) is 8.22. The number of hydrogen-bond donors (Lipinski definition) is 2. The molecule has 88 valence electrons. The van der Waals surface area contributed by atoms with Crippen molar-refractivity contribution < 1.29 is 9.53 Å². The van der Waals surface area contributed by atoms with Gasteiger partial charge in [0.15, 0.2) is 0 Å². The first-order valence-corrected chi connectivity index (χ1v) is 5.62. The molecule has 0 saturated carbocycles. The van der Waals surface area contributed by atoms with Gasteiger partial charge >= 0.3 is 0 Å². The van der Waals surface area contributed by atoms with E-state index in [1.54, 1.807) is 0 Å². The molecule has 0 fully saturated rings. The molecule has 1 unspecified atom stereocenters. The summed E-state index contributed by atoms with van der Waals surface area (Å²) in [4.78, 5) is 11.7. The van der Waals surface area contributed by atoms with Gasteiger partial charge in [-0.3, -0.25) is 4.79 Å². The summed E-state index contributed by atoms with van der Waals surface area (Å²) in [6.07, 6.45) is 1.37. The highest BCUT2D eigenvalue weighted by Crippen LogP contribution is 1.93. The highest BCUT2D eigenvalue weighted by molar-refractivity contribution is 7.80. The van der Waals surface area contributed by atoms with Crippen LogP contribution in [0.15, 0.2) is 0 Å². The lowest BCUT2D eigenvalue weighted by atomic mass is 10.2. The van der Waals surface area contributed by atoms with Crippen LogP contribution < -0.4 is 11.1 Å². The molecular weight excluding hydrogens is 212 g/mol. The molecule has 1 atom stereocenters. The summed E-state index contributed by atoms with van der Waals surface area (Å²) < 4.78 is 5.20. The monoisotopic (exact) mass is 232 g/mol. The summed E-state index contributed by atoms with van der Waals surface area (Å²) in [5.74, 6) is 0.0229. The van der Waals surface area contributed by atoms with Crippen molar-refractivity contribution in [3.8, 4) is 0 Å². The van der Waals surface area contributed by atoms with E-state index in [2.05, 4.69) is 5.32 Å². The van der Waals surface area contributed by atoms with Crippen molar-refractivity contribution >= 4 is 23.1 Å². The van der Waals surface area contributed by atoms with E-state index in [4.69, 9.17) is 22.7 Å². The van der Waals surface area contributed by atoms with Gasteiger partial charge in [0, 0.05) is 25.5 Å². The van der Waals surface area contributed by atoms with Crippen LogP contribution in [-0.2, 0) is 9.53 Å². The number of carbonyl (C=O) groups is 1. The van der Waals surface area contributed by atoms with Crippen molar-refractivity contribution in [3.05, 3.63) is 0 Å². The summed E-state index contributed by atoms with van der Waals surface area (Å²) in [5, 5.41) is 2.75. The van der Waals surface area contributed by atoms with Crippen molar-refractivity contribution in [1.29, 1.82) is 0 Å². The molecule has 0 aromatic carbocycles. The van der Waals surface area contributed by atoms with E-state index in [0.29, 0.717) is 31.2 Å². The van der Waals surface area contributed by atoms with Gasteiger partial charge in [-0.05, 0) is 6.42 Å². The Morgan fingerprint density at radius 3 is 2.73 bits per heavy atom. The smallest absolute Gasteiger partial charge is 0.222 e. The van der Waals surface area contributed by atoms with Gasteiger partial charge in [0.25, 0.3) is 0 Å². The Morgan fingerprint density at radius 1 is 1.53 bits per heavy atom. The van der Waals surface area contributed by atoms with Crippen LogP contribution in [0.2, 0.25) is 0 Å². The first-order chi connectivity index (χ1) is 7.07. The normalized spacial score (nSPS) is 12.1. The lowest BCUT2D eigenvalue weighted by Crippen LogP contribution is -2.34. The molecule has 0 heterocycles. The maximum Gasteiger partial charge on any atom is 0.222 e. The van der Waals surface area contributed by atoms with Crippen LogP contribution >= 0.6 is 12.2 Å². The molecule has 0 aliphatic carbocycles. The van der Waals surface area contributed by atoms with E-state index in [9.17, 15) is 4.79 Å². The third kappa shape index (κ3) is 8.32. The molecule has 5 heteroatoms. The highest BCUT2D eigenvalue weighted by Gasteiger charge is 2.07. The van der Waals surface area contributed by atoms with Crippen LogP contribution in [0.4, 0.5) is 0 Å². The molecule has 0 radical (unpaired) electrons. The Morgan fingerprint density at radius 2 is 2.20 bits per heavy atom. The van der Waals surface area contributed by atoms with Gasteiger partial charge in [-0.1, -0.05) is 26.1 Å². The Balaban J connectivity index is 3.45. The van der Waals surface area contributed by atoms with Crippen molar-refractivity contribution in [1.82, 2.24) is 5.32 Å². The van der Waals surface area contributed by atoms with Crippen molar-refractivity contribution in [2.45, 2.75) is 26.7 Å². The Hall–Kier alpha value is -0.680. The standard InChI is InChI=1S/C10H20N2O2S/c1-3-5-14-6-4-9(13)12-7-8(2)10(11)15/h8H,3-7H2,1-2H3,(H2,11,15)(H,12,13). The predicted octanol–water partition coefficient (Wildman–Crippen LogP) is 0.842.